The van der Waals surface area contributed by atoms with Gasteiger partial charge < -0.3 is 0 Å². The lowest BCUT2D eigenvalue weighted by molar-refractivity contribution is 0.627. The molecule has 1 N–H and O–H groups in total. The minimum absolute atomic E-state index is 0.276. The van der Waals surface area contributed by atoms with Gasteiger partial charge in [0.25, 0.3) is 0 Å². The third-order valence-corrected chi connectivity index (χ3v) is 3.19. The van der Waals surface area contributed by atoms with E-state index in [1.165, 1.54) is 35.2 Å². The third-order valence-electron chi connectivity index (χ3n) is 2.93. The van der Waals surface area contributed by atoms with Crippen molar-refractivity contribution >= 4 is 18.4 Å². The van der Waals surface area contributed by atoms with Crippen LogP contribution in [0.4, 0.5) is 8.78 Å². The summed E-state index contributed by atoms with van der Waals surface area (Å²) in [5, 5.41) is 10.9. The molecule has 2 aromatic carbocycles. The van der Waals surface area contributed by atoms with Crippen molar-refractivity contribution in [2.45, 2.75) is 0 Å². The van der Waals surface area contributed by atoms with Crippen molar-refractivity contribution in [3.63, 3.8) is 0 Å². The summed E-state index contributed by atoms with van der Waals surface area (Å²) in [6, 6.07) is 11.8. The molecule has 3 aromatic rings. The van der Waals surface area contributed by atoms with Crippen molar-refractivity contribution in [3.05, 3.63) is 70.5 Å². The van der Waals surface area contributed by atoms with Crippen LogP contribution in [-0.4, -0.2) is 21.1 Å². The van der Waals surface area contributed by atoms with Crippen molar-refractivity contribution in [2.24, 2.45) is 5.10 Å². The van der Waals surface area contributed by atoms with Gasteiger partial charge >= 0.3 is 0 Å². The first-order valence-corrected chi connectivity index (χ1v) is 6.77. The minimum atomic E-state index is -0.375. The molecule has 1 aromatic heterocycles. The first-order chi connectivity index (χ1) is 10.6. The summed E-state index contributed by atoms with van der Waals surface area (Å²) in [6.45, 7) is 0. The van der Waals surface area contributed by atoms with Gasteiger partial charge in [-0.05, 0) is 42.0 Å². The summed E-state index contributed by atoms with van der Waals surface area (Å²) < 4.78 is 27.9. The van der Waals surface area contributed by atoms with Crippen LogP contribution in [0.5, 0.6) is 0 Å². The highest BCUT2D eigenvalue weighted by Gasteiger charge is 2.08. The van der Waals surface area contributed by atoms with E-state index in [0.29, 0.717) is 17.0 Å². The minimum Gasteiger partial charge on any atom is -0.250 e. The van der Waals surface area contributed by atoms with Gasteiger partial charge in [0.15, 0.2) is 5.82 Å². The smallest absolute Gasteiger partial charge is 0.216 e. The van der Waals surface area contributed by atoms with Gasteiger partial charge in [-0.3, -0.25) is 0 Å². The Morgan fingerprint density at radius 3 is 2.59 bits per heavy atom. The van der Waals surface area contributed by atoms with E-state index in [2.05, 4.69) is 15.3 Å². The molecule has 0 saturated heterocycles. The number of benzene rings is 2. The zero-order valence-corrected chi connectivity index (χ0v) is 12.0. The molecule has 0 aliphatic rings. The van der Waals surface area contributed by atoms with Crippen LogP contribution in [0, 0.1) is 16.4 Å². The van der Waals surface area contributed by atoms with Crippen molar-refractivity contribution in [3.8, 4) is 11.4 Å². The standard InChI is InChI=1S/C15H10F2N4S/c16-12-6-4-10(5-7-12)9-18-21-14(19-20-15(21)22)11-2-1-3-13(17)8-11/h1-9H,(H,20,22)/b18-9-. The second-order valence-electron chi connectivity index (χ2n) is 4.47. The maximum atomic E-state index is 13.3. The molecular formula is C15H10F2N4S. The van der Waals surface area contributed by atoms with E-state index in [9.17, 15) is 8.78 Å². The van der Waals surface area contributed by atoms with Crippen LogP contribution in [0.3, 0.4) is 0 Å². The van der Waals surface area contributed by atoms with Crippen LogP contribution in [-0.2, 0) is 0 Å². The molecule has 110 valence electrons. The number of rotatable bonds is 3. The molecule has 0 saturated carbocycles. The lowest BCUT2D eigenvalue weighted by Crippen LogP contribution is -1.95. The Balaban J connectivity index is 1.99. The quantitative estimate of drug-likeness (QED) is 0.590. The second kappa shape index (κ2) is 5.98. The van der Waals surface area contributed by atoms with E-state index in [4.69, 9.17) is 12.2 Å². The Morgan fingerprint density at radius 2 is 1.86 bits per heavy atom. The molecular weight excluding hydrogens is 306 g/mol. The summed E-state index contributed by atoms with van der Waals surface area (Å²) in [7, 11) is 0. The highest BCUT2D eigenvalue weighted by Crippen LogP contribution is 2.18. The number of hydrogen-bond donors (Lipinski definition) is 1. The van der Waals surface area contributed by atoms with E-state index < -0.39 is 0 Å². The number of hydrogen-bond acceptors (Lipinski definition) is 3. The summed E-state index contributed by atoms with van der Waals surface area (Å²) >= 11 is 5.12. The maximum Gasteiger partial charge on any atom is 0.216 e. The fraction of sp³-hybridized carbons (Fsp3) is 0. The Bertz CT molecular complexity index is 881. The zero-order chi connectivity index (χ0) is 15.5. The monoisotopic (exact) mass is 316 g/mol. The van der Waals surface area contributed by atoms with Crippen molar-refractivity contribution in [1.82, 2.24) is 14.9 Å². The average Bonchev–Trinajstić information content (AvgIpc) is 2.88. The predicted molar refractivity (Wildman–Crippen MR) is 82.2 cm³/mol. The average molecular weight is 316 g/mol. The van der Waals surface area contributed by atoms with Crippen molar-refractivity contribution < 1.29 is 8.78 Å². The molecule has 0 unspecified atom stereocenters. The fourth-order valence-corrected chi connectivity index (χ4v) is 2.07. The molecule has 7 heteroatoms. The summed E-state index contributed by atoms with van der Waals surface area (Å²) in [4.78, 5) is 0. The number of halogens is 2. The van der Waals surface area contributed by atoms with E-state index in [0.717, 1.165) is 0 Å². The van der Waals surface area contributed by atoms with E-state index >= 15 is 0 Å². The largest absolute Gasteiger partial charge is 0.250 e. The van der Waals surface area contributed by atoms with Crippen LogP contribution in [0.15, 0.2) is 53.6 Å². The number of H-pyrrole nitrogens is 1. The van der Waals surface area contributed by atoms with Gasteiger partial charge in [-0.2, -0.15) is 14.9 Å². The fourth-order valence-electron chi connectivity index (χ4n) is 1.89. The molecule has 0 aliphatic heterocycles. The molecule has 4 nitrogen and oxygen atoms in total. The van der Waals surface area contributed by atoms with Crippen LogP contribution in [0.25, 0.3) is 11.4 Å². The van der Waals surface area contributed by atoms with E-state index in [1.54, 1.807) is 24.3 Å². The van der Waals surface area contributed by atoms with Gasteiger partial charge in [0.1, 0.15) is 11.6 Å². The van der Waals surface area contributed by atoms with Gasteiger partial charge in [-0.15, -0.1) is 0 Å². The number of nitrogens with one attached hydrogen (secondary N) is 1. The molecule has 0 aliphatic carbocycles. The van der Waals surface area contributed by atoms with Crippen LogP contribution in [0.1, 0.15) is 5.56 Å². The van der Waals surface area contributed by atoms with Crippen molar-refractivity contribution in [1.29, 1.82) is 0 Å². The summed E-state index contributed by atoms with van der Waals surface area (Å²) in [5.41, 5.74) is 1.25. The van der Waals surface area contributed by atoms with Crippen molar-refractivity contribution in [2.75, 3.05) is 0 Å². The van der Waals surface area contributed by atoms with Gasteiger partial charge in [-0.25, -0.2) is 13.9 Å². The predicted octanol–water partition coefficient (Wildman–Crippen LogP) is 3.77. The number of aromatic amines is 1. The highest BCUT2D eigenvalue weighted by atomic mass is 32.1. The molecule has 22 heavy (non-hydrogen) atoms. The van der Waals surface area contributed by atoms with E-state index in [1.807, 2.05) is 0 Å². The SMILES string of the molecule is Fc1ccc(/C=N\n2c(-c3cccc(F)c3)n[nH]c2=S)cc1. The Labute approximate surface area is 129 Å². The Hall–Kier alpha value is -2.67. The summed E-state index contributed by atoms with van der Waals surface area (Å²) in [6.07, 6.45) is 1.52. The van der Waals surface area contributed by atoms with Crippen LogP contribution < -0.4 is 0 Å². The van der Waals surface area contributed by atoms with E-state index in [-0.39, 0.29) is 16.4 Å². The van der Waals surface area contributed by atoms with Gasteiger partial charge in [0.2, 0.25) is 4.77 Å². The highest BCUT2D eigenvalue weighted by molar-refractivity contribution is 7.71. The van der Waals surface area contributed by atoms with Crippen LogP contribution >= 0.6 is 12.2 Å². The zero-order valence-electron chi connectivity index (χ0n) is 11.2. The van der Waals surface area contributed by atoms with Crippen LogP contribution in [0.2, 0.25) is 0 Å². The number of aromatic nitrogens is 3. The first-order valence-electron chi connectivity index (χ1n) is 6.37. The Morgan fingerprint density at radius 1 is 1.09 bits per heavy atom. The Kier molecular flexibility index (Phi) is 3.88. The maximum absolute atomic E-state index is 13.3. The molecule has 0 radical (unpaired) electrons. The molecule has 1 heterocycles. The molecule has 0 spiro atoms. The summed E-state index contributed by atoms with van der Waals surface area (Å²) in [5.74, 6) is -0.305. The first kappa shape index (κ1) is 14.3. The lowest BCUT2D eigenvalue weighted by atomic mass is 10.2. The molecule has 0 amide bonds. The van der Waals surface area contributed by atoms with Gasteiger partial charge in [0, 0.05) is 5.56 Å². The molecule has 0 bridgehead atoms. The third kappa shape index (κ3) is 2.99. The normalized spacial score (nSPS) is 11.2. The topological polar surface area (TPSA) is 46.0 Å². The number of nitrogens with zero attached hydrogens (tertiary/aromatic N) is 3. The molecule has 3 rings (SSSR count). The molecule has 0 atom stereocenters. The second-order valence-corrected chi connectivity index (χ2v) is 4.86. The lowest BCUT2D eigenvalue weighted by Gasteiger charge is -2.01. The van der Waals surface area contributed by atoms with Gasteiger partial charge in [-0.1, -0.05) is 24.3 Å². The van der Waals surface area contributed by atoms with Gasteiger partial charge in [0.05, 0.1) is 6.21 Å². The molecule has 0 fully saturated rings.